The number of imide groups is 1. The van der Waals surface area contributed by atoms with Gasteiger partial charge in [0.1, 0.15) is 0 Å². The second-order valence-corrected chi connectivity index (χ2v) is 5.02. The quantitative estimate of drug-likeness (QED) is 0.750. The summed E-state index contributed by atoms with van der Waals surface area (Å²) in [6, 6.07) is 0. The largest absolute Gasteiger partial charge is 0.481 e. The van der Waals surface area contributed by atoms with Crippen molar-refractivity contribution < 1.29 is 19.5 Å². The summed E-state index contributed by atoms with van der Waals surface area (Å²) in [6.07, 6.45) is 4.36. The molecule has 1 heterocycles. The van der Waals surface area contributed by atoms with E-state index in [1.807, 2.05) is 0 Å². The smallest absolute Gasteiger partial charge is 0.311 e. The second-order valence-electron chi connectivity index (χ2n) is 5.02. The lowest BCUT2D eigenvalue weighted by Crippen LogP contribution is -2.46. The molecule has 1 aliphatic carbocycles. The average molecular weight is 239 g/mol. The van der Waals surface area contributed by atoms with E-state index in [1.165, 1.54) is 0 Å². The van der Waals surface area contributed by atoms with Crippen molar-refractivity contribution in [3.63, 3.8) is 0 Å². The number of carbonyl (C=O) groups is 3. The third-order valence-electron chi connectivity index (χ3n) is 3.88. The number of rotatable bonds is 3. The predicted molar refractivity (Wildman–Crippen MR) is 59.1 cm³/mol. The van der Waals surface area contributed by atoms with Crippen LogP contribution in [-0.2, 0) is 14.4 Å². The Kier molecular flexibility index (Phi) is 3.17. The van der Waals surface area contributed by atoms with Crippen LogP contribution in [0.3, 0.4) is 0 Å². The van der Waals surface area contributed by atoms with Gasteiger partial charge in [-0.1, -0.05) is 19.3 Å². The Balaban J connectivity index is 2.15. The number of carboxylic acids is 1. The number of nitrogens with zero attached hydrogens (tertiary/aromatic N) is 1. The average Bonchev–Trinajstić information content (AvgIpc) is 2.62. The fourth-order valence-electron chi connectivity index (χ4n) is 2.77. The monoisotopic (exact) mass is 239 g/mol. The molecule has 0 aromatic carbocycles. The molecule has 0 aromatic rings. The third kappa shape index (κ3) is 2.18. The number of hydrogen-bond donors (Lipinski definition) is 1. The van der Waals surface area contributed by atoms with Crippen LogP contribution in [0.25, 0.3) is 0 Å². The second kappa shape index (κ2) is 4.47. The van der Waals surface area contributed by atoms with Gasteiger partial charge in [-0.25, -0.2) is 0 Å². The molecule has 5 heteroatoms. The van der Waals surface area contributed by atoms with Crippen molar-refractivity contribution in [1.82, 2.24) is 4.90 Å². The minimum atomic E-state index is -0.895. The van der Waals surface area contributed by atoms with Gasteiger partial charge in [-0.15, -0.1) is 0 Å². The normalized spacial score (nSPS) is 24.1. The van der Waals surface area contributed by atoms with Crippen LogP contribution in [0.1, 0.15) is 44.9 Å². The number of likely N-dealkylation sites (tertiary alicyclic amines) is 1. The van der Waals surface area contributed by atoms with Crippen LogP contribution >= 0.6 is 0 Å². The highest BCUT2D eigenvalue weighted by atomic mass is 16.4. The van der Waals surface area contributed by atoms with Gasteiger partial charge in [0.25, 0.3) is 0 Å². The molecule has 1 aliphatic heterocycles. The number of carbonyl (C=O) groups excluding carboxylic acids is 2. The Hall–Kier alpha value is -1.39. The van der Waals surface area contributed by atoms with Crippen molar-refractivity contribution in [1.29, 1.82) is 0 Å². The van der Waals surface area contributed by atoms with Crippen LogP contribution in [0, 0.1) is 5.41 Å². The SMILES string of the molecule is O=C1CCC(=O)N1CC1(C(=O)O)CCCCC1. The number of hydrogen-bond acceptors (Lipinski definition) is 3. The van der Waals surface area contributed by atoms with Gasteiger partial charge in [0.05, 0.1) is 5.41 Å². The Morgan fingerprint density at radius 1 is 1.12 bits per heavy atom. The molecular weight excluding hydrogens is 222 g/mol. The summed E-state index contributed by atoms with van der Waals surface area (Å²) >= 11 is 0. The van der Waals surface area contributed by atoms with Crippen molar-refractivity contribution >= 4 is 17.8 Å². The molecule has 2 rings (SSSR count). The first-order valence-corrected chi connectivity index (χ1v) is 6.12. The van der Waals surface area contributed by atoms with E-state index >= 15 is 0 Å². The molecule has 0 radical (unpaired) electrons. The van der Waals surface area contributed by atoms with Gasteiger partial charge in [0, 0.05) is 19.4 Å². The molecular formula is C12H17NO4. The molecule has 17 heavy (non-hydrogen) atoms. The van der Waals surface area contributed by atoms with Gasteiger partial charge in [0.15, 0.2) is 0 Å². The molecule has 1 saturated heterocycles. The maximum absolute atomic E-state index is 11.5. The molecule has 2 fully saturated rings. The van der Waals surface area contributed by atoms with E-state index < -0.39 is 11.4 Å². The topological polar surface area (TPSA) is 74.7 Å². The maximum atomic E-state index is 11.5. The zero-order valence-corrected chi connectivity index (χ0v) is 9.78. The molecule has 94 valence electrons. The molecule has 1 N–H and O–H groups in total. The molecule has 0 aromatic heterocycles. The van der Waals surface area contributed by atoms with Crippen LogP contribution < -0.4 is 0 Å². The Labute approximate surface area is 99.8 Å². The third-order valence-corrected chi connectivity index (χ3v) is 3.88. The van der Waals surface area contributed by atoms with Crippen molar-refractivity contribution in [3.05, 3.63) is 0 Å². The van der Waals surface area contributed by atoms with Crippen molar-refractivity contribution in [2.24, 2.45) is 5.41 Å². The minimum absolute atomic E-state index is 0.0694. The lowest BCUT2D eigenvalue weighted by atomic mass is 9.73. The van der Waals surface area contributed by atoms with Gasteiger partial charge in [-0.3, -0.25) is 19.3 Å². The van der Waals surface area contributed by atoms with Gasteiger partial charge >= 0.3 is 5.97 Å². The van der Waals surface area contributed by atoms with Crippen LogP contribution in [0.15, 0.2) is 0 Å². The summed E-state index contributed by atoms with van der Waals surface area (Å²) in [5.41, 5.74) is -0.895. The number of aliphatic carboxylic acids is 1. The van der Waals surface area contributed by atoms with E-state index in [4.69, 9.17) is 0 Å². The first-order chi connectivity index (χ1) is 8.05. The summed E-state index contributed by atoms with van der Waals surface area (Å²) in [6.45, 7) is 0.0694. The van der Waals surface area contributed by atoms with Gasteiger partial charge in [0.2, 0.25) is 11.8 Å². The lowest BCUT2D eigenvalue weighted by Gasteiger charge is -2.35. The first-order valence-electron chi connectivity index (χ1n) is 6.12. The van der Waals surface area contributed by atoms with E-state index in [0.29, 0.717) is 12.8 Å². The standard InChI is InChI=1S/C12H17NO4/c14-9-4-5-10(15)13(9)8-12(11(16)17)6-2-1-3-7-12/h1-8H2,(H,16,17). The number of carboxylic acid groups (broad SMARTS) is 1. The van der Waals surface area contributed by atoms with E-state index in [2.05, 4.69) is 0 Å². The van der Waals surface area contributed by atoms with Crippen LogP contribution in [0.5, 0.6) is 0 Å². The van der Waals surface area contributed by atoms with Crippen molar-refractivity contribution in [3.8, 4) is 0 Å². The summed E-state index contributed by atoms with van der Waals surface area (Å²) < 4.78 is 0. The summed E-state index contributed by atoms with van der Waals surface area (Å²) in [5.74, 6) is -1.31. The molecule has 0 spiro atoms. The number of amides is 2. The Morgan fingerprint density at radius 3 is 2.12 bits per heavy atom. The molecule has 0 bridgehead atoms. The molecule has 5 nitrogen and oxygen atoms in total. The Morgan fingerprint density at radius 2 is 1.65 bits per heavy atom. The van der Waals surface area contributed by atoms with Crippen LogP contribution in [-0.4, -0.2) is 34.3 Å². The fourth-order valence-corrected chi connectivity index (χ4v) is 2.77. The van der Waals surface area contributed by atoms with Crippen molar-refractivity contribution in [2.75, 3.05) is 6.54 Å². The van der Waals surface area contributed by atoms with E-state index in [9.17, 15) is 19.5 Å². The molecule has 0 unspecified atom stereocenters. The summed E-state index contributed by atoms with van der Waals surface area (Å²) in [4.78, 5) is 35.7. The zero-order valence-electron chi connectivity index (χ0n) is 9.78. The van der Waals surface area contributed by atoms with E-state index in [0.717, 1.165) is 24.2 Å². The molecule has 2 aliphatic rings. The highest BCUT2D eigenvalue weighted by molar-refractivity contribution is 6.02. The molecule has 1 saturated carbocycles. The van der Waals surface area contributed by atoms with Gasteiger partial charge in [-0.05, 0) is 12.8 Å². The van der Waals surface area contributed by atoms with Crippen LogP contribution in [0.2, 0.25) is 0 Å². The summed E-state index contributed by atoms with van der Waals surface area (Å²) in [5, 5.41) is 9.37. The highest BCUT2D eigenvalue weighted by Gasteiger charge is 2.44. The van der Waals surface area contributed by atoms with Gasteiger partial charge in [-0.2, -0.15) is 0 Å². The zero-order chi connectivity index (χ0) is 12.5. The van der Waals surface area contributed by atoms with E-state index in [1.54, 1.807) is 0 Å². The lowest BCUT2D eigenvalue weighted by molar-refractivity contribution is -0.155. The highest BCUT2D eigenvalue weighted by Crippen LogP contribution is 2.38. The molecule has 2 amide bonds. The van der Waals surface area contributed by atoms with Gasteiger partial charge < -0.3 is 5.11 Å². The Bertz CT molecular complexity index is 342. The summed E-state index contributed by atoms with van der Waals surface area (Å²) in [7, 11) is 0. The van der Waals surface area contributed by atoms with Crippen molar-refractivity contribution in [2.45, 2.75) is 44.9 Å². The fraction of sp³-hybridized carbons (Fsp3) is 0.750. The molecule has 0 atom stereocenters. The van der Waals surface area contributed by atoms with E-state index in [-0.39, 0.29) is 31.2 Å². The maximum Gasteiger partial charge on any atom is 0.311 e. The minimum Gasteiger partial charge on any atom is -0.481 e. The first kappa shape index (κ1) is 12.1. The predicted octanol–water partition coefficient (Wildman–Crippen LogP) is 1.17. The van der Waals surface area contributed by atoms with Crippen LogP contribution in [0.4, 0.5) is 0 Å².